The highest BCUT2D eigenvalue weighted by molar-refractivity contribution is 7.79. The molecule has 0 aliphatic carbocycles. The van der Waals surface area contributed by atoms with Crippen LogP contribution in [-0.4, -0.2) is 65.0 Å². The van der Waals surface area contributed by atoms with Gasteiger partial charge in [-0.1, -0.05) is 24.3 Å². The maximum absolute atomic E-state index is 11.3. The van der Waals surface area contributed by atoms with Gasteiger partial charge in [0.1, 0.15) is 11.8 Å². The molecule has 0 radical (unpaired) electrons. The van der Waals surface area contributed by atoms with E-state index in [-0.39, 0.29) is 6.10 Å². The van der Waals surface area contributed by atoms with Crippen LogP contribution in [0.5, 0.6) is 0 Å². The zero-order chi connectivity index (χ0) is 28.3. The third kappa shape index (κ3) is 7.36. The second-order valence-electron chi connectivity index (χ2n) is 8.08. The minimum Gasteiger partial charge on any atom is -0.394 e. The van der Waals surface area contributed by atoms with Crippen molar-refractivity contribution in [3.05, 3.63) is 47.0 Å². The highest BCUT2D eigenvalue weighted by Gasteiger charge is 2.65. The van der Waals surface area contributed by atoms with Crippen molar-refractivity contribution < 1.29 is 65.2 Å². The lowest BCUT2D eigenvalue weighted by molar-refractivity contribution is -0.159. The van der Waals surface area contributed by atoms with Crippen molar-refractivity contribution in [1.82, 2.24) is 0 Å². The van der Waals surface area contributed by atoms with Gasteiger partial charge in [-0.25, -0.2) is 9.59 Å². The zero-order valence-electron chi connectivity index (χ0n) is 19.8. The topological polar surface area (TPSA) is 214 Å². The molecule has 0 saturated carbocycles. The molecule has 200 valence electrons. The molecule has 37 heavy (non-hydrogen) atoms. The number of carbonyl (C=O) groups is 6. The largest absolute Gasteiger partial charge is 0.394 e. The van der Waals surface area contributed by atoms with Gasteiger partial charge >= 0.3 is 46.2 Å². The molecule has 0 spiro atoms. The lowest BCUT2D eigenvalue weighted by atomic mass is 9.78. The molecule has 2 saturated heterocycles. The number of ether oxygens (including phenoxy) is 4. The highest BCUT2D eigenvalue weighted by Crippen LogP contribution is 2.50. The van der Waals surface area contributed by atoms with Crippen LogP contribution in [0.25, 0.3) is 0 Å². The van der Waals surface area contributed by atoms with Gasteiger partial charge in [0.25, 0.3) is 0 Å². The molecule has 2 fully saturated rings. The minimum absolute atomic E-state index is 0.256. The Balaban J connectivity index is 0.000000186. The van der Waals surface area contributed by atoms with Gasteiger partial charge in [-0.2, -0.15) is 8.42 Å². The molecule has 5 rings (SSSR count). The number of cyclic esters (lactones) is 4. The first-order valence-electron chi connectivity index (χ1n) is 10.3. The maximum atomic E-state index is 11.3. The van der Waals surface area contributed by atoms with Crippen molar-refractivity contribution in [1.29, 1.82) is 0 Å². The molecule has 0 aromatic heterocycles. The summed E-state index contributed by atoms with van der Waals surface area (Å²) in [7, 11) is -4.67. The monoisotopic (exact) mass is 542 g/mol. The van der Waals surface area contributed by atoms with Crippen LogP contribution >= 0.6 is 0 Å². The molecule has 1 aromatic carbocycles. The Morgan fingerprint density at radius 3 is 2.00 bits per heavy atom. The predicted molar refractivity (Wildman–Crippen MR) is 118 cm³/mol. The highest BCUT2D eigenvalue weighted by atomic mass is 32.3. The van der Waals surface area contributed by atoms with E-state index in [0.29, 0.717) is 11.1 Å². The smallest absolute Gasteiger partial charge is 0.394 e. The average Bonchev–Trinajstić information content (AvgIpc) is 3.42. The van der Waals surface area contributed by atoms with Crippen LogP contribution in [0.4, 0.5) is 0 Å². The minimum atomic E-state index is -4.67. The number of fused-ring (bicyclic) bond motifs is 6. The van der Waals surface area contributed by atoms with Crippen molar-refractivity contribution in [3.8, 4) is 0 Å². The lowest BCUT2D eigenvalue weighted by Crippen LogP contribution is -2.34. The summed E-state index contributed by atoms with van der Waals surface area (Å²) in [4.78, 5) is 64.2. The second-order valence-corrected chi connectivity index (χ2v) is 8.97. The molecule has 4 atom stereocenters. The first-order chi connectivity index (χ1) is 16.9. The van der Waals surface area contributed by atoms with Gasteiger partial charge < -0.3 is 18.9 Å². The molecule has 4 aliphatic rings. The summed E-state index contributed by atoms with van der Waals surface area (Å²) in [5.41, 5.74) is 0.948. The third-order valence-corrected chi connectivity index (χ3v) is 5.23. The Morgan fingerprint density at radius 2 is 1.54 bits per heavy atom. The van der Waals surface area contributed by atoms with Crippen molar-refractivity contribution in [2.45, 2.75) is 39.4 Å². The number of rotatable bonds is 0. The van der Waals surface area contributed by atoms with Crippen LogP contribution in [0.15, 0.2) is 30.4 Å². The quantitative estimate of drug-likeness (QED) is 0.152. The summed E-state index contributed by atoms with van der Waals surface area (Å²) in [6.45, 7) is 5.95. The molecule has 15 heteroatoms. The van der Waals surface area contributed by atoms with E-state index in [4.69, 9.17) is 22.3 Å². The normalized spacial score (nSPS) is 25.7. The van der Waals surface area contributed by atoms with Gasteiger partial charge in [-0.3, -0.25) is 28.3 Å². The van der Waals surface area contributed by atoms with Crippen molar-refractivity contribution >= 4 is 46.2 Å². The molecule has 2 N–H and O–H groups in total. The van der Waals surface area contributed by atoms with E-state index < -0.39 is 63.7 Å². The van der Waals surface area contributed by atoms with Crippen LogP contribution in [-0.2, 0) is 48.5 Å². The number of hydrogen-bond donors (Lipinski definition) is 2. The van der Waals surface area contributed by atoms with E-state index in [1.165, 1.54) is 13.8 Å². The predicted octanol–water partition coefficient (Wildman–Crippen LogP) is 0.778. The fraction of sp³-hybridized carbons (Fsp3) is 0.364. The summed E-state index contributed by atoms with van der Waals surface area (Å²) in [5, 5.41) is 0. The number of hydrogen-bond acceptors (Lipinski definition) is 12. The molecule has 14 nitrogen and oxygen atoms in total. The van der Waals surface area contributed by atoms with Gasteiger partial charge in [0.05, 0.1) is 22.8 Å². The van der Waals surface area contributed by atoms with E-state index in [1.807, 2.05) is 19.1 Å². The van der Waals surface area contributed by atoms with E-state index in [0.717, 1.165) is 5.56 Å². The van der Waals surface area contributed by atoms with Crippen molar-refractivity contribution in [3.63, 3.8) is 0 Å². The Bertz CT molecular complexity index is 1270. The Labute approximate surface area is 210 Å². The summed E-state index contributed by atoms with van der Waals surface area (Å²) in [6.07, 6.45) is 3.42. The Kier molecular flexibility index (Phi) is 8.82. The van der Waals surface area contributed by atoms with Gasteiger partial charge in [0.15, 0.2) is 0 Å². The number of benzene rings is 1. The lowest BCUT2D eigenvalue weighted by Gasteiger charge is -2.20. The van der Waals surface area contributed by atoms with Crippen LogP contribution in [0, 0.1) is 18.8 Å². The summed E-state index contributed by atoms with van der Waals surface area (Å²) in [5.74, 6) is -3.90. The van der Waals surface area contributed by atoms with Crippen LogP contribution < -0.4 is 0 Å². The van der Waals surface area contributed by atoms with Crippen molar-refractivity contribution in [2.24, 2.45) is 11.8 Å². The fourth-order valence-corrected chi connectivity index (χ4v) is 3.96. The summed E-state index contributed by atoms with van der Waals surface area (Å²) in [6, 6.07) is 5.10. The Morgan fingerprint density at radius 1 is 0.973 bits per heavy atom. The standard InChI is InChI=1S/C9H8O4.C9H6O3.C4H6O3.H2O4S/c1-9-3-2-4(13-9)5-6(9)8(11)12-7(5)10;1-5-3-2-4-6-7(5)9(11)12-8(6)10;1-3(5)7-4(2)6;1-5(2,3)4/h2-6H,1H3;2-4H,1H3;1-2H3;(H2,1,2,3,4)/t4-,5?,6?,9+;;;/m1.../s1. The molecule has 4 aliphatic heterocycles. The Hall–Kier alpha value is -3.79. The first kappa shape index (κ1) is 29.4. The van der Waals surface area contributed by atoms with Crippen LogP contribution in [0.2, 0.25) is 0 Å². The van der Waals surface area contributed by atoms with Crippen LogP contribution in [0.3, 0.4) is 0 Å². The van der Waals surface area contributed by atoms with E-state index in [9.17, 15) is 28.8 Å². The molecule has 1 aromatic rings. The van der Waals surface area contributed by atoms with E-state index in [2.05, 4.69) is 14.2 Å². The van der Waals surface area contributed by atoms with E-state index in [1.54, 1.807) is 25.1 Å². The van der Waals surface area contributed by atoms with Gasteiger partial charge in [-0.15, -0.1) is 0 Å². The van der Waals surface area contributed by atoms with Gasteiger partial charge in [0, 0.05) is 13.8 Å². The molecule has 2 unspecified atom stereocenters. The number of esters is 6. The second kappa shape index (κ2) is 11.1. The third-order valence-electron chi connectivity index (χ3n) is 5.23. The van der Waals surface area contributed by atoms with E-state index >= 15 is 0 Å². The van der Waals surface area contributed by atoms with Crippen LogP contribution in [0.1, 0.15) is 47.1 Å². The van der Waals surface area contributed by atoms with Gasteiger partial charge in [0.2, 0.25) is 0 Å². The number of carbonyl (C=O) groups excluding carboxylic acids is 6. The summed E-state index contributed by atoms with van der Waals surface area (Å²) < 4.78 is 50.1. The number of aryl methyl sites for hydroxylation is 1. The SMILES string of the molecule is CC(=O)OC(C)=O.C[C@@]12C=C[C@@H](O1)C1C(=O)OC(=O)C12.Cc1cccc2c1C(=O)OC2=O.O=S(=O)(O)O. The zero-order valence-corrected chi connectivity index (χ0v) is 20.6. The fourth-order valence-electron chi connectivity index (χ4n) is 3.96. The summed E-state index contributed by atoms with van der Waals surface area (Å²) >= 11 is 0. The first-order valence-corrected chi connectivity index (χ1v) is 11.7. The van der Waals surface area contributed by atoms with Gasteiger partial charge in [-0.05, 0) is 25.5 Å². The molecule has 2 bridgehead atoms. The maximum Gasteiger partial charge on any atom is 0.394 e. The molecule has 0 amide bonds. The average molecular weight is 542 g/mol. The molecule has 4 heterocycles. The van der Waals surface area contributed by atoms with Crippen molar-refractivity contribution in [2.75, 3.05) is 0 Å². The molecular formula is C22H22O14S. The molecular weight excluding hydrogens is 520 g/mol.